The zero-order valence-corrected chi connectivity index (χ0v) is 11.4. The van der Waals surface area contributed by atoms with E-state index in [0.717, 1.165) is 17.8 Å². The smallest absolute Gasteiger partial charge is 0.126 e. The first-order valence-electron chi connectivity index (χ1n) is 6.49. The Bertz CT molecular complexity index is 422. The van der Waals surface area contributed by atoms with Crippen LogP contribution in [0.25, 0.3) is 0 Å². The number of benzene rings is 1. The molecule has 1 aliphatic heterocycles. The van der Waals surface area contributed by atoms with Gasteiger partial charge in [-0.15, -0.1) is 0 Å². The van der Waals surface area contributed by atoms with E-state index < -0.39 is 6.10 Å². The van der Waals surface area contributed by atoms with Crippen molar-refractivity contribution in [3.05, 3.63) is 23.8 Å². The Balaban J connectivity index is 2.33. The molecule has 1 aromatic carbocycles. The van der Waals surface area contributed by atoms with Gasteiger partial charge in [-0.25, -0.2) is 0 Å². The van der Waals surface area contributed by atoms with E-state index in [2.05, 4.69) is 4.90 Å². The standard InChI is InChI=1S/C14H21NO4/c1-10(17)14-12(4-3-5-13(14)18-2)15-6-7-19-11(8-15)9-16/h3-5,10-11,16-17H,6-9H2,1-2H3/t10-,11?/m1/s1. The van der Waals surface area contributed by atoms with Crippen LogP contribution in [0.5, 0.6) is 5.75 Å². The second-order valence-corrected chi connectivity index (χ2v) is 4.69. The van der Waals surface area contributed by atoms with E-state index >= 15 is 0 Å². The van der Waals surface area contributed by atoms with Crippen molar-refractivity contribution in [3.63, 3.8) is 0 Å². The van der Waals surface area contributed by atoms with Crippen LogP contribution < -0.4 is 9.64 Å². The molecule has 1 aromatic rings. The first-order chi connectivity index (χ1) is 9.17. The fourth-order valence-corrected chi connectivity index (χ4v) is 2.45. The van der Waals surface area contributed by atoms with Crippen LogP contribution in [0.1, 0.15) is 18.6 Å². The number of ether oxygens (including phenoxy) is 2. The molecule has 0 amide bonds. The highest BCUT2D eigenvalue weighted by atomic mass is 16.5. The van der Waals surface area contributed by atoms with Crippen LogP contribution in [0.3, 0.4) is 0 Å². The predicted octanol–water partition coefficient (Wildman–Crippen LogP) is 0.946. The Labute approximate surface area is 113 Å². The van der Waals surface area contributed by atoms with Crippen molar-refractivity contribution in [2.75, 3.05) is 38.3 Å². The predicted molar refractivity (Wildman–Crippen MR) is 72.7 cm³/mol. The monoisotopic (exact) mass is 267 g/mol. The summed E-state index contributed by atoms with van der Waals surface area (Å²) >= 11 is 0. The topological polar surface area (TPSA) is 62.2 Å². The van der Waals surface area contributed by atoms with Crippen molar-refractivity contribution >= 4 is 5.69 Å². The van der Waals surface area contributed by atoms with Gasteiger partial charge < -0.3 is 24.6 Å². The van der Waals surface area contributed by atoms with E-state index in [-0.39, 0.29) is 12.7 Å². The van der Waals surface area contributed by atoms with Crippen LogP contribution >= 0.6 is 0 Å². The Morgan fingerprint density at radius 2 is 2.32 bits per heavy atom. The Morgan fingerprint density at radius 1 is 1.53 bits per heavy atom. The number of methoxy groups -OCH3 is 1. The van der Waals surface area contributed by atoms with Gasteiger partial charge in [0.1, 0.15) is 5.75 Å². The summed E-state index contributed by atoms with van der Waals surface area (Å²) in [5.41, 5.74) is 1.72. The summed E-state index contributed by atoms with van der Waals surface area (Å²) in [6.07, 6.45) is -0.789. The van der Waals surface area contributed by atoms with E-state index in [1.807, 2.05) is 18.2 Å². The van der Waals surface area contributed by atoms with Crippen molar-refractivity contribution in [2.45, 2.75) is 19.1 Å². The number of morpholine rings is 1. The number of nitrogens with zero attached hydrogens (tertiary/aromatic N) is 1. The molecule has 19 heavy (non-hydrogen) atoms. The number of hydrogen-bond donors (Lipinski definition) is 2. The van der Waals surface area contributed by atoms with Gasteiger partial charge in [-0.05, 0) is 19.1 Å². The van der Waals surface area contributed by atoms with Gasteiger partial charge in [0.15, 0.2) is 0 Å². The summed E-state index contributed by atoms with van der Waals surface area (Å²) in [5, 5.41) is 19.2. The van der Waals surface area contributed by atoms with Crippen LogP contribution in [-0.2, 0) is 4.74 Å². The zero-order chi connectivity index (χ0) is 13.8. The van der Waals surface area contributed by atoms with Crippen molar-refractivity contribution in [1.29, 1.82) is 0 Å². The van der Waals surface area contributed by atoms with Gasteiger partial charge in [0.25, 0.3) is 0 Å². The molecule has 1 saturated heterocycles. The van der Waals surface area contributed by atoms with Gasteiger partial charge in [0.05, 0.1) is 32.5 Å². The average molecular weight is 267 g/mol. The third-order valence-corrected chi connectivity index (χ3v) is 3.36. The Hall–Kier alpha value is -1.30. The van der Waals surface area contributed by atoms with Crippen molar-refractivity contribution in [1.82, 2.24) is 0 Å². The highest BCUT2D eigenvalue weighted by Gasteiger charge is 2.24. The van der Waals surface area contributed by atoms with Crippen LogP contribution in [0.15, 0.2) is 18.2 Å². The van der Waals surface area contributed by atoms with Gasteiger partial charge in [-0.3, -0.25) is 0 Å². The first-order valence-corrected chi connectivity index (χ1v) is 6.49. The highest BCUT2D eigenvalue weighted by molar-refractivity contribution is 5.60. The third-order valence-electron chi connectivity index (χ3n) is 3.36. The molecule has 2 atom stereocenters. The minimum atomic E-state index is -0.610. The summed E-state index contributed by atoms with van der Waals surface area (Å²) in [6, 6.07) is 5.71. The van der Waals surface area contributed by atoms with Crippen LogP contribution in [0.2, 0.25) is 0 Å². The van der Waals surface area contributed by atoms with E-state index in [1.54, 1.807) is 14.0 Å². The van der Waals surface area contributed by atoms with Gasteiger partial charge in [0.2, 0.25) is 0 Å². The second kappa shape index (κ2) is 6.23. The third kappa shape index (κ3) is 3.00. The minimum absolute atomic E-state index is 0.00444. The molecule has 0 bridgehead atoms. The van der Waals surface area contributed by atoms with Crippen LogP contribution in [0.4, 0.5) is 5.69 Å². The Morgan fingerprint density at radius 3 is 2.95 bits per heavy atom. The quantitative estimate of drug-likeness (QED) is 0.850. The normalized spacial score (nSPS) is 21.3. The van der Waals surface area contributed by atoms with Crippen LogP contribution in [-0.4, -0.2) is 49.7 Å². The number of hydrogen-bond acceptors (Lipinski definition) is 5. The summed E-state index contributed by atoms with van der Waals surface area (Å²) in [6.45, 7) is 3.66. The second-order valence-electron chi connectivity index (χ2n) is 4.69. The maximum atomic E-state index is 9.98. The number of anilines is 1. The van der Waals surface area contributed by atoms with Gasteiger partial charge in [-0.1, -0.05) is 6.07 Å². The van der Waals surface area contributed by atoms with E-state index in [4.69, 9.17) is 9.47 Å². The van der Waals surface area contributed by atoms with Crippen molar-refractivity contribution in [2.24, 2.45) is 0 Å². The molecule has 5 nitrogen and oxygen atoms in total. The largest absolute Gasteiger partial charge is 0.496 e. The fourth-order valence-electron chi connectivity index (χ4n) is 2.45. The van der Waals surface area contributed by atoms with Crippen molar-refractivity contribution < 1.29 is 19.7 Å². The molecule has 0 radical (unpaired) electrons. The average Bonchev–Trinajstić information content (AvgIpc) is 2.46. The molecular formula is C14H21NO4. The maximum Gasteiger partial charge on any atom is 0.126 e. The van der Waals surface area contributed by atoms with Crippen LogP contribution in [0, 0.1) is 0 Å². The maximum absolute atomic E-state index is 9.98. The molecule has 1 fully saturated rings. The molecule has 2 N–H and O–H groups in total. The fraction of sp³-hybridized carbons (Fsp3) is 0.571. The lowest BCUT2D eigenvalue weighted by Gasteiger charge is -2.35. The van der Waals surface area contributed by atoms with Gasteiger partial charge in [-0.2, -0.15) is 0 Å². The summed E-state index contributed by atoms with van der Waals surface area (Å²) in [7, 11) is 1.60. The zero-order valence-electron chi connectivity index (χ0n) is 11.4. The number of aliphatic hydroxyl groups excluding tert-OH is 2. The molecule has 0 spiro atoms. The SMILES string of the molecule is COc1cccc(N2CCOC(CO)C2)c1[C@@H](C)O. The van der Waals surface area contributed by atoms with Crippen molar-refractivity contribution in [3.8, 4) is 5.75 Å². The van der Waals surface area contributed by atoms with E-state index in [0.29, 0.717) is 18.9 Å². The lowest BCUT2D eigenvalue weighted by molar-refractivity contribution is 0.00341. The lowest BCUT2D eigenvalue weighted by atomic mass is 10.0. The summed E-state index contributed by atoms with van der Waals surface area (Å²) in [5.74, 6) is 0.680. The Kier molecular flexibility index (Phi) is 4.63. The highest BCUT2D eigenvalue weighted by Crippen LogP contribution is 2.35. The first kappa shape index (κ1) is 14.1. The minimum Gasteiger partial charge on any atom is -0.496 e. The number of rotatable bonds is 4. The molecule has 1 heterocycles. The summed E-state index contributed by atoms with van der Waals surface area (Å²) < 4.78 is 10.8. The molecule has 0 aromatic heterocycles. The molecule has 106 valence electrons. The molecular weight excluding hydrogens is 246 g/mol. The molecule has 0 saturated carbocycles. The molecule has 0 aliphatic carbocycles. The van der Waals surface area contributed by atoms with Gasteiger partial charge >= 0.3 is 0 Å². The van der Waals surface area contributed by atoms with E-state index in [1.165, 1.54) is 0 Å². The molecule has 2 rings (SSSR count). The van der Waals surface area contributed by atoms with E-state index in [9.17, 15) is 10.2 Å². The summed E-state index contributed by atoms with van der Waals surface area (Å²) in [4.78, 5) is 2.12. The molecule has 1 aliphatic rings. The lowest BCUT2D eigenvalue weighted by Crippen LogP contribution is -2.44. The molecule has 1 unspecified atom stereocenters. The van der Waals surface area contributed by atoms with Gasteiger partial charge in [0, 0.05) is 24.3 Å². The number of aliphatic hydroxyl groups is 2. The molecule has 5 heteroatoms.